The summed E-state index contributed by atoms with van der Waals surface area (Å²) in [6.45, 7) is 4.93. The van der Waals surface area contributed by atoms with E-state index >= 15 is 0 Å². The molecule has 1 aliphatic carbocycles. The Morgan fingerprint density at radius 2 is 1.59 bits per heavy atom. The van der Waals surface area contributed by atoms with Crippen LogP contribution in [0.1, 0.15) is 69.2 Å². The van der Waals surface area contributed by atoms with E-state index in [0.29, 0.717) is 37.5 Å². The molecule has 1 aromatic carbocycles. The molecule has 0 atom stereocenters. The molecule has 29 heavy (non-hydrogen) atoms. The van der Waals surface area contributed by atoms with E-state index in [4.69, 9.17) is 0 Å². The number of nitrogens with zero attached hydrogens (tertiary/aromatic N) is 2. The number of hydrogen-bond acceptors (Lipinski definition) is 4. The maximum Gasteiger partial charge on any atom is 0.243 e. The lowest BCUT2D eigenvalue weighted by molar-refractivity contribution is -0.139. The Morgan fingerprint density at radius 3 is 2.10 bits per heavy atom. The largest absolute Gasteiger partial charge is 0.340 e. The molecule has 1 amide bonds. The number of hydrogen-bond donors (Lipinski definition) is 0. The SMILES string of the molecule is CCN(C(=O)C1CCN(S(=O)(=O)c2ccc(C(C)=O)cc2)CC1)C1CCCCC1. The molecular weight excluding hydrogens is 388 g/mol. The van der Waals surface area contributed by atoms with E-state index in [2.05, 4.69) is 0 Å². The van der Waals surface area contributed by atoms with Crippen LogP contribution < -0.4 is 0 Å². The third kappa shape index (κ3) is 4.89. The topological polar surface area (TPSA) is 74.8 Å². The maximum atomic E-state index is 13.1. The quantitative estimate of drug-likeness (QED) is 0.661. The van der Waals surface area contributed by atoms with Crippen LogP contribution in [0.15, 0.2) is 29.2 Å². The van der Waals surface area contributed by atoms with Gasteiger partial charge in [-0.3, -0.25) is 9.59 Å². The Morgan fingerprint density at radius 1 is 1.00 bits per heavy atom. The number of amides is 1. The fourth-order valence-corrected chi connectivity index (χ4v) is 6.04. The van der Waals surface area contributed by atoms with Crippen LogP contribution in [-0.2, 0) is 14.8 Å². The average molecular weight is 421 g/mol. The van der Waals surface area contributed by atoms with Crippen molar-refractivity contribution in [2.45, 2.75) is 69.7 Å². The summed E-state index contributed by atoms with van der Waals surface area (Å²) in [6, 6.07) is 6.43. The van der Waals surface area contributed by atoms with E-state index in [-0.39, 0.29) is 22.5 Å². The monoisotopic (exact) mass is 420 g/mol. The molecule has 0 aromatic heterocycles. The molecule has 1 aliphatic heterocycles. The molecule has 1 saturated heterocycles. The first-order chi connectivity index (χ1) is 13.8. The van der Waals surface area contributed by atoms with Gasteiger partial charge in [-0.25, -0.2) is 8.42 Å². The van der Waals surface area contributed by atoms with Crippen LogP contribution in [-0.4, -0.2) is 55.0 Å². The van der Waals surface area contributed by atoms with Crippen LogP contribution >= 0.6 is 0 Å². The lowest BCUT2D eigenvalue weighted by Gasteiger charge is -2.38. The van der Waals surface area contributed by atoms with E-state index in [9.17, 15) is 18.0 Å². The van der Waals surface area contributed by atoms with Crippen LogP contribution in [0.4, 0.5) is 0 Å². The summed E-state index contributed by atoms with van der Waals surface area (Å²) >= 11 is 0. The second-order valence-corrected chi connectivity index (χ2v) is 10.1. The van der Waals surface area contributed by atoms with Gasteiger partial charge in [-0.15, -0.1) is 0 Å². The lowest BCUT2D eigenvalue weighted by atomic mass is 9.91. The Bertz CT molecular complexity index is 821. The highest BCUT2D eigenvalue weighted by atomic mass is 32.2. The molecule has 0 N–H and O–H groups in total. The van der Waals surface area contributed by atoms with Gasteiger partial charge in [0, 0.05) is 37.2 Å². The van der Waals surface area contributed by atoms with E-state index in [0.717, 1.165) is 19.4 Å². The molecule has 1 heterocycles. The standard InChI is InChI=1S/C22H32N2O4S/c1-3-24(20-7-5-4-6-8-20)22(26)19-13-15-23(16-14-19)29(27,28)21-11-9-18(10-12-21)17(2)25/h9-12,19-20H,3-8,13-16H2,1-2H3. The number of rotatable bonds is 6. The first-order valence-electron chi connectivity index (χ1n) is 10.8. The van der Waals surface area contributed by atoms with Gasteiger partial charge in [-0.05, 0) is 51.7 Å². The van der Waals surface area contributed by atoms with Crippen molar-refractivity contribution in [3.05, 3.63) is 29.8 Å². The van der Waals surface area contributed by atoms with Crippen molar-refractivity contribution in [2.24, 2.45) is 5.92 Å². The smallest absolute Gasteiger partial charge is 0.243 e. The summed E-state index contributed by atoms with van der Waals surface area (Å²) < 4.78 is 27.3. The number of sulfonamides is 1. The number of carbonyl (C=O) groups is 2. The van der Waals surface area contributed by atoms with Crippen LogP contribution in [0.25, 0.3) is 0 Å². The molecule has 3 rings (SSSR count). The van der Waals surface area contributed by atoms with Gasteiger partial charge in [0.05, 0.1) is 4.90 Å². The molecule has 1 aromatic rings. The number of carbonyl (C=O) groups excluding carboxylic acids is 2. The highest BCUT2D eigenvalue weighted by Crippen LogP contribution is 2.28. The third-order valence-electron chi connectivity index (χ3n) is 6.34. The number of Topliss-reactive ketones (excluding diaryl/α,β-unsaturated/α-hetero) is 1. The van der Waals surface area contributed by atoms with Gasteiger partial charge >= 0.3 is 0 Å². The highest BCUT2D eigenvalue weighted by Gasteiger charge is 2.35. The molecule has 0 unspecified atom stereocenters. The van der Waals surface area contributed by atoms with Gasteiger partial charge in [0.1, 0.15) is 0 Å². The molecule has 2 aliphatic rings. The third-order valence-corrected chi connectivity index (χ3v) is 8.25. The molecule has 2 fully saturated rings. The van der Waals surface area contributed by atoms with Gasteiger partial charge in [-0.1, -0.05) is 31.4 Å². The van der Waals surface area contributed by atoms with Gasteiger partial charge in [0.15, 0.2) is 5.78 Å². The van der Waals surface area contributed by atoms with E-state index in [1.807, 2.05) is 11.8 Å². The maximum absolute atomic E-state index is 13.1. The second-order valence-electron chi connectivity index (χ2n) is 8.18. The van der Waals surface area contributed by atoms with Gasteiger partial charge in [0.25, 0.3) is 0 Å². The minimum atomic E-state index is -3.60. The zero-order chi connectivity index (χ0) is 21.0. The summed E-state index contributed by atoms with van der Waals surface area (Å²) in [4.78, 5) is 26.7. The lowest BCUT2D eigenvalue weighted by Crippen LogP contribution is -2.48. The molecule has 160 valence electrons. The number of benzene rings is 1. The Labute approximate surface area is 174 Å². The van der Waals surface area contributed by atoms with Gasteiger partial charge < -0.3 is 4.90 Å². The van der Waals surface area contributed by atoms with Crippen LogP contribution in [0, 0.1) is 5.92 Å². The molecule has 6 nitrogen and oxygen atoms in total. The molecule has 0 radical (unpaired) electrons. The van der Waals surface area contributed by atoms with E-state index in [1.165, 1.54) is 42.6 Å². The molecule has 7 heteroatoms. The normalized spacial score (nSPS) is 19.8. The first-order valence-corrected chi connectivity index (χ1v) is 12.2. The highest BCUT2D eigenvalue weighted by molar-refractivity contribution is 7.89. The predicted molar refractivity (Wildman–Crippen MR) is 112 cm³/mol. The van der Waals surface area contributed by atoms with Crippen molar-refractivity contribution >= 4 is 21.7 Å². The Balaban J connectivity index is 1.62. The summed E-state index contributed by atoms with van der Waals surface area (Å²) in [5.41, 5.74) is 0.496. The van der Waals surface area contributed by atoms with E-state index in [1.54, 1.807) is 12.1 Å². The van der Waals surface area contributed by atoms with Crippen molar-refractivity contribution in [2.75, 3.05) is 19.6 Å². The van der Waals surface area contributed by atoms with Crippen molar-refractivity contribution in [1.82, 2.24) is 9.21 Å². The summed E-state index contributed by atoms with van der Waals surface area (Å²) in [5, 5.41) is 0. The fraction of sp³-hybridized carbons (Fsp3) is 0.636. The average Bonchev–Trinajstić information content (AvgIpc) is 2.75. The van der Waals surface area contributed by atoms with Gasteiger partial charge in [-0.2, -0.15) is 4.31 Å². The second kappa shape index (κ2) is 9.39. The summed E-state index contributed by atoms with van der Waals surface area (Å²) in [6.07, 6.45) is 6.93. The van der Waals surface area contributed by atoms with Gasteiger partial charge in [0.2, 0.25) is 15.9 Å². The molecule has 0 bridgehead atoms. The van der Waals surface area contributed by atoms with Crippen LogP contribution in [0.3, 0.4) is 0 Å². The molecule has 1 saturated carbocycles. The summed E-state index contributed by atoms with van der Waals surface area (Å²) in [7, 11) is -3.60. The molecule has 0 spiro atoms. The van der Waals surface area contributed by atoms with Crippen molar-refractivity contribution < 1.29 is 18.0 Å². The number of piperidine rings is 1. The zero-order valence-electron chi connectivity index (χ0n) is 17.5. The van der Waals surface area contributed by atoms with Crippen LogP contribution in [0.2, 0.25) is 0 Å². The zero-order valence-corrected chi connectivity index (χ0v) is 18.3. The Kier molecular flexibility index (Phi) is 7.11. The van der Waals surface area contributed by atoms with Crippen molar-refractivity contribution in [3.63, 3.8) is 0 Å². The molecular formula is C22H32N2O4S. The number of ketones is 1. The van der Waals surface area contributed by atoms with E-state index < -0.39 is 10.0 Å². The summed E-state index contributed by atoms with van der Waals surface area (Å²) in [5.74, 6) is 0.0115. The minimum absolute atomic E-state index is 0.0910. The minimum Gasteiger partial charge on any atom is -0.340 e. The van der Waals surface area contributed by atoms with Crippen molar-refractivity contribution in [3.8, 4) is 0 Å². The Hall–Kier alpha value is -1.73. The van der Waals surface area contributed by atoms with Crippen LogP contribution in [0.5, 0.6) is 0 Å². The first kappa shape index (κ1) is 22.0. The predicted octanol–water partition coefficient (Wildman–Crippen LogP) is 3.47. The van der Waals surface area contributed by atoms with Crippen molar-refractivity contribution in [1.29, 1.82) is 0 Å². The fourth-order valence-electron chi connectivity index (χ4n) is 4.57.